The number of rotatable bonds is 2. The predicted molar refractivity (Wildman–Crippen MR) is 54.9 cm³/mol. The summed E-state index contributed by atoms with van der Waals surface area (Å²) in [6, 6.07) is 8.21. The second-order valence-electron chi connectivity index (χ2n) is 3.29. The molecule has 2 rings (SSSR count). The van der Waals surface area contributed by atoms with Crippen LogP contribution in [-0.2, 0) is 6.42 Å². The van der Waals surface area contributed by atoms with E-state index in [0.717, 1.165) is 17.7 Å². The third-order valence-electron chi connectivity index (χ3n) is 2.50. The van der Waals surface area contributed by atoms with Gasteiger partial charge in [-0.1, -0.05) is 12.1 Å². The smallest absolute Gasteiger partial charge is 0.119 e. The monoisotopic (exact) mass is 185 g/mol. The van der Waals surface area contributed by atoms with E-state index in [1.165, 1.54) is 11.1 Å². The summed E-state index contributed by atoms with van der Waals surface area (Å²) in [5.41, 5.74) is 3.59. The van der Waals surface area contributed by atoms with Crippen molar-refractivity contribution in [3.05, 3.63) is 35.4 Å². The molecule has 0 amide bonds. The summed E-state index contributed by atoms with van der Waals surface area (Å²) < 4.78 is 5.16. The van der Waals surface area contributed by atoms with Crippen LogP contribution >= 0.6 is 0 Å². The Morgan fingerprint density at radius 1 is 1.50 bits per heavy atom. The van der Waals surface area contributed by atoms with Gasteiger partial charge in [0.25, 0.3) is 0 Å². The standard InChI is InChI=1S/C12H11NO/c1-14-11-5-4-9-2-3-10(6-7-13)12(9)8-11/h3-5,8H,2,6H2,1H3. The Bertz CT molecular complexity index is 426. The fourth-order valence-corrected chi connectivity index (χ4v) is 1.76. The lowest BCUT2D eigenvalue weighted by Crippen LogP contribution is -1.88. The summed E-state index contributed by atoms with van der Waals surface area (Å²) in [6.07, 6.45) is 3.55. The normalized spacial score (nSPS) is 13.0. The second kappa shape index (κ2) is 3.55. The summed E-state index contributed by atoms with van der Waals surface area (Å²) in [7, 11) is 1.66. The number of nitrogens with zero attached hydrogens (tertiary/aromatic N) is 1. The molecule has 0 aliphatic heterocycles. The second-order valence-corrected chi connectivity index (χ2v) is 3.29. The van der Waals surface area contributed by atoms with E-state index in [9.17, 15) is 0 Å². The molecule has 0 unspecified atom stereocenters. The number of hydrogen-bond donors (Lipinski definition) is 0. The van der Waals surface area contributed by atoms with Crippen LogP contribution in [0.25, 0.3) is 5.57 Å². The van der Waals surface area contributed by atoms with Crippen LogP contribution in [0.2, 0.25) is 0 Å². The number of allylic oxidation sites excluding steroid dienone is 2. The predicted octanol–water partition coefficient (Wildman–Crippen LogP) is 2.55. The van der Waals surface area contributed by atoms with Crippen molar-refractivity contribution in [2.45, 2.75) is 12.8 Å². The van der Waals surface area contributed by atoms with Gasteiger partial charge in [-0.15, -0.1) is 0 Å². The molecule has 2 heteroatoms. The first-order valence-corrected chi connectivity index (χ1v) is 4.58. The van der Waals surface area contributed by atoms with Crippen LogP contribution in [0.15, 0.2) is 24.3 Å². The first-order valence-electron chi connectivity index (χ1n) is 4.58. The van der Waals surface area contributed by atoms with Crippen molar-refractivity contribution < 1.29 is 4.74 Å². The number of fused-ring (bicyclic) bond motifs is 1. The van der Waals surface area contributed by atoms with Gasteiger partial charge >= 0.3 is 0 Å². The molecule has 0 fully saturated rings. The van der Waals surface area contributed by atoms with Gasteiger partial charge < -0.3 is 4.74 Å². The molecule has 1 aromatic carbocycles. The molecule has 0 saturated carbocycles. The first kappa shape index (κ1) is 8.83. The minimum Gasteiger partial charge on any atom is -0.497 e. The highest BCUT2D eigenvalue weighted by Crippen LogP contribution is 2.32. The first-order chi connectivity index (χ1) is 6.85. The summed E-state index contributed by atoms with van der Waals surface area (Å²) >= 11 is 0. The highest BCUT2D eigenvalue weighted by Gasteiger charge is 2.13. The maximum atomic E-state index is 8.66. The molecule has 14 heavy (non-hydrogen) atoms. The number of methoxy groups -OCH3 is 1. The molecule has 1 aliphatic rings. The molecule has 70 valence electrons. The van der Waals surface area contributed by atoms with Crippen LogP contribution in [0.3, 0.4) is 0 Å². The minimum absolute atomic E-state index is 0.486. The van der Waals surface area contributed by atoms with Crippen LogP contribution in [0, 0.1) is 11.3 Å². The van der Waals surface area contributed by atoms with E-state index >= 15 is 0 Å². The van der Waals surface area contributed by atoms with Crippen LogP contribution < -0.4 is 4.74 Å². The van der Waals surface area contributed by atoms with Gasteiger partial charge in [0.1, 0.15) is 5.75 Å². The lowest BCUT2D eigenvalue weighted by atomic mass is 10.0. The van der Waals surface area contributed by atoms with Gasteiger partial charge in [0.2, 0.25) is 0 Å². The van der Waals surface area contributed by atoms with Crippen molar-refractivity contribution in [2.24, 2.45) is 0 Å². The van der Waals surface area contributed by atoms with Crippen LogP contribution in [0.4, 0.5) is 0 Å². The largest absolute Gasteiger partial charge is 0.497 e. The van der Waals surface area contributed by atoms with E-state index in [0.29, 0.717) is 6.42 Å². The van der Waals surface area contributed by atoms with E-state index in [1.807, 2.05) is 12.1 Å². The fourth-order valence-electron chi connectivity index (χ4n) is 1.76. The Morgan fingerprint density at radius 3 is 3.07 bits per heavy atom. The molecule has 1 aliphatic carbocycles. The van der Waals surface area contributed by atoms with Gasteiger partial charge in [-0.2, -0.15) is 5.26 Å². The Kier molecular flexibility index (Phi) is 2.24. The maximum absolute atomic E-state index is 8.66. The Labute approximate surface area is 83.4 Å². The quantitative estimate of drug-likeness (QED) is 0.709. The molecular formula is C12H11NO. The van der Waals surface area contributed by atoms with Crippen molar-refractivity contribution >= 4 is 5.57 Å². The van der Waals surface area contributed by atoms with Gasteiger partial charge in [0.15, 0.2) is 0 Å². The Balaban J connectivity index is 2.39. The average molecular weight is 185 g/mol. The molecule has 0 heterocycles. The molecule has 1 aromatic rings. The lowest BCUT2D eigenvalue weighted by Gasteiger charge is -2.05. The van der Waals surface area contributed by atoms with Crippen LogP contribution in [-0.4, -0.2) is 7.11 Å². The lowest BCUT2D eigenvalue weighted by molar-refractivity contribution is 0.414. The fraction of sp³-hybridized carbons (Fsp3) is 0.250. The Morgan fingerprint density at radius 2 is 2.36 bits per heavy atom. The summed E-state index contributed by atoms with van der Waals surface area (Å²) in [5, 5.41) is 8.66. The number of hydrogen-bond acceptors (Lipinski definition) is 2. The summed E-state index contributed by atoms with van der Waals surface area (Å²) in [6.45, 7) is 0. The van der Waals surface area contributed by atoms with Crippen molar-refractivity contribution in [1.29, 1.82) is 5.26 Å². The minimum atomic E-state index is 0.486. The van der Waals surface area contributed by atoms with Gasteiger partial charge in [0.05, 0.1) is 19.6 Å². The molecule has 0 aromatic heterocycles. The van der Waals surface area contributed by atoms with E-state index < -0.39 is 0 Å². The molecule has 0 spiro atoms. The van der Waals surface area contributed by atoms with Crippen molar-refractivity contribution in [3.63, 3.8) is 0 Å². The number of benzene rings is 1. The number of nitriles is 1. The zero-order valence-corrected chi connectivity index (χ0v) is 8.08. The molecule has 0 saturated heterocycles. The molecule has 0 radical (unpaired) electrons. The third kappa shape index (κ3) is 1.38. The van der Waals surface area contributed by atoms with Gasteiger partial charge in [-0.05, 0) is 35.3 Å². The van der Waals surface area contributed by atoms with Crippen molar-refractivity contribution in [2.75, 3.05) is 7.11 Å². The SMILES string of the molecule is COc1ccc2c(c1)C(CC#N)=CC2. The topological polar surface area (TPSA) is 33.0 Å². The van der Waals surface area contributed by atoms with Gasteiger partial charge in [0, 0.05) is 0 Å². The van der Waals surface area contributed by atoms with Crippen LogP contribution in [0.1, 0.15) is 17.5 Å². The molecule has 0 N–H and O–H groups in total. The molecule has 2 nitrogen and oxygen atoms in total. The van der Waals surface area contributed by atoms with E-state index in [2.05, 4.69) is 18.2 Å². The maximum Gasteiger partial charge on any atom is 0.119 e. The average Bonchev–Trinajstić information content (AvgIpc) is 2.61. The highest BCUT2D eigenvalue weighted by atomic mass is 16.5. The van der Waals surface area contributed by atoms with E-state index in [1.54, 1.807) is 7.11 Å². The van der Waals surface area contributed by atoms with Gasteiger partial charge in [-0.3, -0.25) is 0 Å². The van der Waals surface area contributed by atoms with Crippen molar-refractivity contribution in [1.82, 2.24) is 0 Å². The van der Waals surface area contributed by atoms with E-state index in [-0.39, 0.29) is 0 Å². The van der Waals surface area contributed by atoms with E-state index in [4.69, 9.17) is 10.00 Å². The molecule has 0 atom stereocenters. The summed E-state index contributed by atoms with van der Waals surface area (Å²) in [4.78, 5) is 0. The van der Waals surface area contributed by atoms with Crippen LogP contribution in [0.5, 0.6) is 5.75 Å². The third-order valence-corrected chi connectivity index (χ3v) is 2.50. The molecular weight excluding hydrogens is 174 g/mol. The zero-order valence-electron chi connectivity index (χ0n) is 8.08. The zero-order chi connectivity index (χ0) is 9.97. The van der Waals surface area contributed by atoms with Gasteiger partial charge in [-0.25, -0.2) is 0 Å². The number of ether oxygens (including phenoxy) is 1. The summed E-state index contributed by atoms with van der Waals surface area (Å²) in [5.74, 6) is 0.856. The Hall–Kier alpha value is -1.75. The molecule has 0 bridgehead atoms. The van der Waals surface area contributed by atoms with Crippen molar-refractivity contribution in [3.8, 4) is 11.8 Å². The highest BCUT2D eigenvalue weighted by molar-refractivity contribution is 5.75.